The van der Waals surface area contributed by atoms with Gasteiger partial charge in [0.15, 0.2) is 0 Å². The first-order valence-corrected chi connectivity index (χ1v) is 10.9. The second kappa shape index (κ2) is 8.91. The monoisotopic (exact) mass is 452 g/mol. The van der Waals surface area contributed by atoms with Crippen molar-refractivity contribution in [3.05, 3.63) is 64.3 Å². The number of amides is 1. The predicted octanol–water partition coefficient (Wildman–Crippen LogP) is 5.77. The average Bonchev–Trinajstić information content (AvgIpc) is 3.08. The second-order valence-electron chi connectivity index (χ2n) is 7.19. The van der Waals surface area contributed by atoms with Gasteiger partial charge in [-0.15, -0.1) is 11.3 Å². The number of aromatic hydroxyl groups is 1. The van der Waals surface area contributed by atoms with E-state index in [9.17, 15) is 9.90 Å². The molecule has 6 nitrogen and oxygen atoms in total. The number of halogens is 1. The summed E-state index contributed by atoms with van der Waals surface area (Å²) in [4.78, 5) is 23.2. The van der Waals surface area contributed by atoms with Gasteiger partial charge in [0.2, 0.25) is 5.91 Å². The summed E-state index contributed by atoms with van der Waals surface area (Å²) in [6.07, 6.45) is 1.73. The maximum Gasteiger partial charge on any atom is 0.226 e. The number of hydrogen-bond acceptors (Lipinski definition) is 6. The van der Waals surface area contributed by atoms with Crippen molar-refractivity contribution < 1.29 is 9.90 Å². The number of rotatable bonds is 6. The van der Waals surface area contributed by atoms with E-state index in [4.69, 9.17) is 11.6 Å². The number of benzene rings is 2. The van der Waals surface area contributed by atoms with Crippen molar-refractivity contribution in [3.63, 3.8) is 0 Å². The van der Waals surface area contributed by atoms with Gasteiger partial charge in [-0.2, -0.15) is 0 Å². The van der Waals surface area contributed by atoms with Crippen molar-refractivity contribution in [2.75, 3.05) is 17.2 Å². The van der Waals surface area contributed by atoms with E-state index in [2.05, 4.69) is 58.7 Å². The zero-order valence-corrected chi connectivity index (χ0v) is 18.6. The summed E-state index contributed by atoms with van der Waals surface area (Å²) in [7, 11) is 0. The third kappa shape index (κ3) is 4.62. The number of aryl methyl sites for hydroxylation is 2. The molecule has 2 heterocycles. The molecule has 0 aliphatic heterocycles. The van der Waals surface area contributed by atoms with Crippen LogP contribution in [0.2, 0.25) is 5.02 Å². The van der Waals surface area contributed by atoms with Gasteiger partial charge >= 0.3 is 0 Å². The fourth-order valence-electron chi connectivity index (χ4n) is 3.36. The summed E-state index contributed by atoms with van der Waals surface area (Å²) in [6, 6.07) is 12.9. The number of aromatic nitrogens is 2. The van der Waals surface area contributed by atoms with E-state index in [-0.39, 0.29) is 23.8 Å². The Kier molecular flexibility index (Phi) is 6.06. The van der Waals surface area contributed by atoms with Crippen LogP contribution in [0, 0.1) is 13.8 Å². The van der Waals surface area contributed by atoms with E-state index in [1.165, 1.54) is 24.0 Å². The lowest BCUT2D eigenvalue weighted by molar-refractivity contribution is -0.116. The lowest BCUT2D eigenvalue weighted by Gasteiger charge is -2.10. The third-order valence-corrected chi connectivity index (χ3v) is 6.13. The van der Waals surface area contributed by atoms with Gasteiger partial charge in [-0.25, -0.2) is 9.97 Å². The molecule has 0 fully saturated rings. The molecule has 0 saturated heterocycles. The van der Waals surface area contributed by atoms with Crippen molar-refractivity contribution in [2.45, 2.75) is 20.3 Å². The van der Waals surface area contributed by atoms with Crippen molar-refractivity contribution >= 4 is 50.6 Å². The maximum atomic E-state index is 12.3. The number of phenolic OH excluding ortho intramolecular Hbond substituents is 1. The van der Waals surface area contributed by atoms with E-state index >= 15 is 0 Å². The molecule has 4 aromatic rings. The van der Waals surface area contributed by atoms with Crippen molar-refractivity contribution in [2.24, 2.45) is 0 Å². The van der Waals surface area contributed by atoms with E-state index < -0.39 is 0 Å². The smallest absolute Gasteiger partial charge is 0.226 e. The molecule has 2 aromatic heterocycles. The zero-order chi connectivity index (χ0) is 22.0. The number of nitrogens with zero attached hydrogens (tertiary/aromatic N) is 2. The number of thiophene rings is 1. The summed E-state index contributed by atoms with van der Waals surface area (Å²) >= 11 is 7.55. The first kappa shape index (κ1) is 21.1. The Bertz CT molecular complexity index is 1250. The predicted molar refractivity (Wildman–Crippen MR) is 127 cm³/mol. The Morgan fingerprint density at radius 2 is 1.90 bits per heavy atom. The highest BCUT2D eigenvalue weighted by Crippen LogP contribution is 2.40. The number of carbonyl (C=O) groups is 1. The van der Waals surface area contributed by atoms with Crippen LogP contribution in [-0.4, -0.2) is 27.5 Å². The molecule has 0 unspecified atom stereocenters. The molecule has 158 valence electrons. The highest BCUT2D eigenvalue weighted by atomic mass is 35.5. The highest BCUT2D eigenvalue weighted by molar-refractivity contribution is 7.19. The number of phenols is 1. The standard InChI is InChI=1S/C23H21ClN4O2S/c1-13-3-5-15(6-4-13)20-14(2)31-23-21(20)22(26-12-27-23)25-10-9-19(30)28-17-11-16(24)7-8-18(17)29/h3-8,11-12,29H,9-10H2,1-2H3,(H,28,30)(H,25,26,27). The first-order valence-electron chi connectivity index (χ1n) is 9.76. The van der Waals surface area contributed by atoms with Gasteiger partial charge < -0.3 is 15.7 Å². The van der Waals surface area contributed by atoms with Crippen molar-refractivity contribution in [3.8, 4) is 16.9 Å². The van der Waals surface area contributed by atoms with Gasteiger partial charge in [-0.3, -0.25) is 4.79 Å². The van der Waals surface area contributed by atoms with Crippen LogP contribution in [-0.2, 0) is 4.79 Å². The van der Waals surface area contributed by atoms with Crippen LogP contribution in [0.15, 0.2) is 48.8 Å². The lowest BCUT2D eigenvalue weighted by Crippen LogP contribution is -2.16. The zero-order valence-electron chi connectivity index (χ0n) is 17.1. The molecule has 2 aromatic carbocycles. The molecule has 0 bridgehead atoms. The van der Waals surface area contributed by atoms with E-state index in [1.54, 1.807) is 17.4 Å². The number of carbonyl (C=O) groups excluding carboxylic acids is 1. The molecule has 0 radical (unpaired) electrons. The third-order valence-electron chi connectivity index (χ3n) is 4.88. The molecular weight excluding hydrogens is 432 g/mol. The summed E-state index contributed by atoms with van der Waals surface area (Å²) in [5, 5.41) is 17.2. The number of fused-ring (bicyclic) bond motifs is 1. The molecular formula is C23H21ClN4O2S. The van der Waals surface area contributed by atoms with Crippen LogP contribution in [0.25, 0.3) is 21.3 Å². The maximum absolute atomic E-state index is 12.3. The Morgan fingerprint density at radius 3 is 2.68 bits per heavy atom. The fraction of sp³-hybridized carbons (Fsp3) is 0.174. The van der Waals surface area contributed by atoms with E-state index in [0.717, 1.165) is 26.2 Å². The Labute approximate surface area is 188 Å². The molecule has 31 heavy (non-hydrogen) atoms. The average molecular weight is 453 g/mol. The Balaban J connectivity index is 1.52. The van der Waals surface area contributed by atoms with Crippen LogP contribution < -0.4 is 10.6 Å². The highest BCUT2D eigenvalue weighted by Gasteiger charge is 2.17. The number of hydrogen-bond donors (Lipinski definition) is 3. The molecule has 3 N–H and O–H groups in total. The molecule has 0 aliphatic rings. The molecule has 0 saturated carbocycles. The summed E-state index contributed by atoms with van der Waals surface area (Å²) in [5.74, 6) is 0.429. The molecule has 0 aliphatic carbocycles. The van der Waals surface area contributed by atoms with Gasteiger partial charge in [-0.1, -0.05) is 41.4 Å². The van der Waals surface area contributed by atoms with Crippen molar-refractivity contribution in [1.29, 1.82) is 0 Å². The normalized spacial score (nSPS) is 10.9. The summed E-state index contributed by atoms with van der Waals surface area (Å²) < 4.78 is 0. The van der Waals surface area contributed by atoms with Gasteiger partial charge in [0.05, 0.1) is 11.1 Å². The van der Waals surface area contributed by atoms with E-state index in [0.29, 0.717) is 17.4 Å². The van der Waals surface area contributed by atoms with Gasteiger partial charge in [0, 0.05) is 28.4 Å². The lowest BCUT2D eigenvalue weighted by atomic mass is 10.0. The fourth-order valence-corrected chi connectivity index (χ4v) is 4.55. The van der Waals surface area contributed by atoms with Crippen LogP contribution >= 0.6 is 22.9 Å². The van der Waals surface area contributed by atoms with E-state index in [1.807, 2.05) is 0 Å². The van der Waals surface area contributed by atoms with Crippen LogP contribution in [0.5, 0.6) is 5.75 Å². The SMILES string of the molecule is Cc1ccc(-c2c(C)sc3ncnc(NCCC(=O)Nc4cc(Cl)ccc4O)c23)cc1. The minimum absolute atomic E-state index is 0.0280. The topological polar surface area (TPSA) is 87.1 Å². The second-order valence-corrected chi connectivity index (χ2v) is 8.83. The summed E-state index contributed by atoms with van der Waals surface area (Å²) in [6.45, 7) is 4.52. The van der Waals surface area contributed by atoms with Gasteiger partial charge in [0.25, 0.3) is 0 Å². The Hall–Kier alpha value is -3.16. The van der Waals surface area contributed by atoms with Gasteiger partial charge in [-0.05, 0) is 37.6 Å². The first-order chi connectivity index (χ1) is 14.9. The van der Waals surface area contributed by atoms with Crippen LogP contribution in [0.3, 0.4) is 0 Å². The minimum atomic E-state index is -0.240. The molecule has 0 atom stereocenters. The van der Waals surface area contributed by atoms with Crippen LogP contribution in [0.4, 0.5) is 11.5 Å². The molecule has 0 spiro atoms. The molecule has 8 heteroatoms. The number of anilines is 2. The van der Waals surface area contributed by atoms with Gasteiger partial charge in [0.1, 0.15) is 22.7 Å². The molecule has 1 amide bonds. The Morgan fingerprint density at radius 1 is 1.13 bits per heavy atom. The number of nitrogens with one attached hydrogen (secondary N) is 2. The summed E-state index contributed by atoms with van der Waals surface area (Å²) in [5.41, 5.74) is 3.71. The molecule has 4 rings (SSSR count). The quantitative estimate of drug-likeness (QED) is 0.323. The van der Waals surface area contributed by atoms with Crippen molar-refractivity contribution in [1.82, 2.24) is 9.97 Å². The minimum Gasteiger partial charge on any atom is -0.506 e. The van der Waals surface area contributed by atoms with Crippen LogP contribution in [0.1, 0.15) is 16.9 Å². The largest absolute Gasteiger partial charge is 0.506 e.